The van der Waals surface area contributed by atoms with Crippen LogP contribution in [-0.2, 0) is 10.2 Å². The van der Waals surface area contributed by atoms with Crippen LogP contribution >= 0.6 is 0 Å². The highest BCUT2D eigenvalue weighted by Crippen LogP contribution is 2.35. The summed E-state index contributed by atoms with van der Waals surface area (Å²) in [4.78, 5) is 11.3. The number of carboxylic acid groups (broad SMARTS) is 1. The third-order valence-electron chi connectivity index (χ3n) is 3.70. The summed E-state index contributed by atoms with van der Waals surface area (Å²) in [6, 6.07) is 8.23. The van der Waals surface area contributed by atoms with Crippen LogP contribution in [0.2, 0.25) is 0 Å². The minimum absolute atomic E-state index is 0.0439. The number of rotatable bonds is 2. The van der Waals surface area contributed by atoms with E-state index in [0.717, 1.165) is 6.54 Å². The molecule has 1 aliphatic heterocycles. The fraction of sp³-hybridized carbons (Fsp3) is 0.533. The molecule has 1 saturated heterocycles. The van der Waals surface area contributed by atoms with Gasteiger partial charge in [-0.1, -0.05) is 45.0 Å². The molecular formula is C15H21NO2. The quantitative estimate of drug-likeness (QED) is 0.843. The molecule has 3 heteroatoms. The van der Waals surface area contributed by atoms with Crippen LogP contribution in [0.4, 0.5) is 0 Å². The molecule has 0 amide bonds. The van der Waals surface area contributed by atoms with Gasteiger partial charge in [-0.05, 0) is 16.5 Å². The lowest BCUT2D eigenvalue weighted by Crippen LogP contribution is -2.24. The van der Waals surface area contributed by atoms with Crippen LogP contribution in [0.5, 0.6) is 0 Å². The van der Waals surface area contributed by atoms with Gasteiger partial charge in [0.2, 0.25) is 0 Å². The van der Waals surface area contributed by atoms with E-state index in [9.17, 15) is 9.90 Å². The van der Waals surface area contributed by atoms with Crippen LogP contribution in [0, 0.1) is 5.92 Å². The molecule has 2 rings (SSSR count). The molecular weight excluding hydrogens is 226 g/mol. The van der Waals surface area contributed by atoms with Gasteiger partial charge in [0.25, 0.3) is 0 Å². The van der Waals surface area contributed by atoms with Gasteiger partial charge < -0.3 is 10.4 Å². The Bertz CT molecular complexity index is 448. The van der Waals surface area contributed by atoms with Crippen molar-refractivity contribution in [1.29, 1.82) is 0 Å². The second-order valence-electron chi connectivity index (χ2n) is 6.05. The summed E-state index contributed by atoms with van der Waals surface area (Å²) in [5, 5.41) is 12.5. The Labute approximate surface area is 108 Å². The molecule has 1 fully saturated rings. The van der Waals surface area contributed by atoms with Crippen molar-refractivity contribution in [1.82, 2.24) is 5.32 Å². The van der Waals surface area contributed by atoms with E-state index in [1.54, 1.807) is 0 Å². The van der Waals surface area contributed by atoms with E-state index in [0.29, 0.717) is 6.54 Å². The van der Waals surface area contributed by atoms with Crippen LogP contribution in [0.3, 0.4) is 0 Å². The van der Waals surface area contributed by atoms with Crippen molar-refractivity contribution >= 4 is 5.97 Å². The molecule has 0 saturated carbocycles. The van der Waals surface area contributed by atoms with Crippen molar-refractivity contribution in [2.75, 3.05) is 13.1 Å². The molecule has 0 aromatic heterocycles. The minimum atomic E-state index is -0.700. The Morgan fingerprint density at radius 1 is 1.28 bits per heavy atom. The molecule has 1 aromatic carbocycles. The number of hydrogen-bond donors (Lipinski definition) is 2. The predicted molar refractivity (Wildman–Crippen MR) is 71.9 cm³/mol. The molecule has 1 aliphatic rings. The molecule has 0 aliphatic carbocycles. The summed E-state index contributed by atoms with van der Waals surface area (Å²) < 4.78 is 0. The number of benzene rings is 1. The number of carboxylic acids is 1. The van der Waals surface area contributed by atoms with Crippen LogP contribution < -0.4 is 5.32 Å². The van der Waals surface area contributed by atoms with Crippen molar-refractivity contribution in [2.45, 2.75) is 32.1 Å². The first kappa shape index (κ1) is 13.1. The standard InChI is InChI=1S/C15H21NO2/c1-15(2,3)13-7-5-4-6-10(13)11-8-16-9-12(11)14(17)18/h4-7,11-12,16H,8-9H2,1-3H3,(H,17,18)/t11-,12+/m1/s1. The van der Waals surface area contributed by atoms with E-state index < -0.39 is 5.97 Å². The van der Waals surface area contributed by atoms with Gasteiger partial charge in [0.15, 0.2) is 0 Å². The Hall–Kier alpha value is -1.35. The average molecular weight is 247 g/mol. The van der Waals surface area contributed by atoms with E-state index in [2.05, 4.69) is 38.2 Å². The predicted octanol–water partition coefficient (Wildman–Crippen LogP) is 2.37. The Balaban J connectivity index is 2.42. The summed E-state index contributed by atoms with van der Waals surface area (Å²) in [7, 11) is 0. The monoisotopic (exact) mass is 247 g/mol. The maximum absolute atomic E-state index is 11.3. The van der Waals surface area contributed by atoms with Crippen molar-refractivity contribution < 1.29 is 9.90 Å². The minimum Gasteiger partial charge on any atom is -0.481 e. The van der Waals surface area contributed by atoms with Gasteiger partial charge in [-0.2, -0.15) is 0 Å². The number of carbonyl (C=O) groups is 1. The molecule has 1 aromatic rings. The molecule has 3 nitrogen and oxygen atoms in total. The van der Waals surface area contributed by atoms with Gasteiger partial charge in [-0.25, -0.2) is 0 Å². The maximum atomic E-state index is 11.3. The molecule has 0 radical (unpaired) electrons. The summed E-state index contributed by atoms with van der Waals surface area (Å²) in [5.41, 5.74) is 2.48. The van der Waals surface area contributed by atoms with E-state index in [-0.39, 0.29) is 17.3 Å². The summed E-state index contributed by atoms with van der Waals surface area (Å²) in [5.74, 6) is -0.930. The molecule has 98 valence electrons. The van der Waals surface area contributed by atoms with Gasteiger partial charge in [0.1, 0.15) is 0 Å². The van der Waals surface area contributed by atoms with Gasteiger partial charge in [0.05, 0.1) is 5.92 Å². The highest BCUT2D eigenvalue weighted by Gasteiger charge is 2.36. The van der Waals surface area contributed by atoms with Crippen molar-refractivity contribution in [3.63, 3.8) is 0 Å². The summed E-state index contributed by atoms with van der Waals surface area (Å²) >= 11 is 0. The third kappa shape index (κ3) is 2.41. The second-order valence-corrected chi connectivity index (χ2v) is 6.05. The number of hydrogen-bond acceptors (Lipinski definition) is 2. The lowest BCUT2D eigenvalue weighted by atomic mass is 9.77. The van der Waals surface area contributed by atoms with Gasteiger partial charge in [-0.3, -0.25) is 4.79 Å². The smallest absolute Gasteiger partial charge is 0.308 e. The fourth-order valence-corrected chi connectivity index (χ4v) is 2.77. The third-order valence-corrected chi connectivity index (χ3v) is 3.70. The van der Waals surface area contributed by atoms with Gasteiger partial charge in [-0.15, -0.1) is 0 Å². The molecule has 0 bridgehead atoms. The zero-order valence-corrected chi connectivity index (χ0v) is 11.2. The first-order valence-electron chi connectivity index (χ1n) is 6.44. The molecule has 18 heavy (non-hydrogen) atoms. The Morgan fingerprint density at radius 2 is 1.94 bits per heavy atom. The van der Waals surface area contributed by atoms with E-state index in [1.165, 1.54) is 11.1 Å². The van der Waals surface area contributed by atoms with E-state index >= 15 is 0 Å². The summed E-state index contributed by atoms with van der Waals surface area (Å²) in [6.07, 6.45) is 0. The SMILES string of the molecule is CC(C)(C)c1ccccc1[C@H]1CNC[C@@H]1C(=O)O. The number of aliphatic carboxylic acids is 1. The molecule has 0 spiro atoms. The van der Waals surface area contributed by atoms with Crippen molar-refractivity contribution in [3.8, 4) is 0 Å². The van der Waals surface area contributed by atoms with Crippen LogP contribution in [-0.4, -0.2) is 24.2 Å². The topological polar surface area (TPSA) is 49.3 Å². The summed E-state index contributed by atoms with van der Waals surface area (Å²) in [6.45, 7) is 7.83. The van der Waals surface area contributed by atoms with E-state index in [4.69, 9.17) is 0 Å². The number of nitrogens with one attached hydrogen (secondary N) is 1. The molecule has 2 atom stereocenters. The lowest BCUT2D eigenvalue weighted by molar-refractivity contribution is -0.141. The lowest BCUT2D eigenvalue weighted by Gasteiger charge is -2.27. The van der Waals surface area contributed by atoms with Crippen molar-refractivity contribution in [3.05, 3.63) is 35.4 Å². The normalized spacial score (nSPS) is 24.2. The largest absolute Gasteiger partial charge is 0.481 e. The zero-order chi connectivity index (χ0) is 13.3. The highest BCUT2D eigenvalue weighted by atomic mass is 16.4. The van der Waals surface area contributed by atoms with Crippen molar-refractivity contribution in [2.24, 2.45) is 5.92 Å². The zero-order valence-electron chi connectivity index (χ0n) is 11.2. The molecule has 2 N–H and O–H groups in total. The molecule has 0 unspecified atom stereocenters. The molecule has 1 heterocycles. The maximum Gasteiger partial charge on any atom is 0.308 e. The first-order chi connectivity index (χ1) is 8.41. The average Bonchev–Trinajstić information content (AvgIpc) is 2.76. The van der Waals surface area contributed by atoms with Gasteiger partial charge in [0, 0.05) is 19.0 Å². The van der Waals surface area contributed by atoms with Crippen LogP contribution in [0.15, 0.2) is 24.3 Å². The fourth-order valence-electron chi connectivity index (χ4n) is 2.77. The Kier molecular flexibility index (Phi) is 3.44. The Morgan fingerprint density at radius 3 is 2.56 bits per heavy atom. The van der Waals surface area contributed by atoms with Crippen LogP contribution in [0.1, 0.15) is 37.8 Å². The highest BCUT2D eigenvalue weighted by molar-refractivity contribution is 5.72. The van der Waals surface area contributed by atoms with Gasteiger partial charge >= 0.3 is 5.97 Å². The van der Waals surface area contributed by atoms with Crippen LogP contribution in [0.25, 0.3) is 0 Å². The second kappa shape index (κ2) is 4.73. The van der Waals surface area contributed by atoms with E-state index in [1.807, 2.05) is 12.1 Å². The first-order valence-corrected chi connectivity index (χ1v) is 6.44.